The summed E-state index contributed by atoms with van der Waals surface area (Å²) < 4.78 is 22.3. The largest absolute Gasteiger partial charge is 0.318 e. The molecule has 0 bridgehead atoms. The number of rotatable bonds is 3. The van der Waals surface area contributed by atoms with E-state index in [-0.39, 0.29) is 10.6 Å². The van der Waals surface area contributed by atoms with Crippen LogP contribution in [0.3, 0.4) is 0 Å². The minimum atomic E-state index is -3.80. The van der Waals surface area contributed by atoms with Crippen molar-refractivity contribution in [2.45, 2.75) is 11.8 Å². The molecule has 0 heterocycles. The molecule has 7 nitrogen and oxygen atoms in total. The summed E-state index contributed by atoms with van der Waals surface area (Å²) in [5, 5.41) is 9.82. The summed E-state index contributed by atoms with van der Waals surface area (Å²) in [6, 6.07) is 12.2. The summed E-state index contributed by atoms with van der Waals surface area (Å²) in [6.45, 7) is 1.86. The highest BCUT2D eigenvalue weighted by Crippen LogP contribution is 2.13. The predicted molar refractivity (Wildman–Crippen MR) is 86.3 cm³/mol. The fourth-order valence-corrected chi connectivity index (χ4v) is 2.34. The van der Waals surface area contributed by atoms with Crippen LogP contribution in [-0.4, -0.2) is 20.2 Å². The molecule has 0 saturated carbocycles. The van der Waals surface area contributed by atoms with E-state index in [2.05, 4.69) is 10.6 Å². The molecule has 0 aliphatic carbocycles. The maximum Gasteiger partial charge on any atom is 0.314 e. The molecular weight excluding hydrogens is 318 g/mol. The van der Waals surface area contributed by atoms with E-state index in [1.807, 2.05) is 13.0 Å². The lowest BCUT2D eigenvalue weighted by molar-refractivity contribution is -0.132. The third kappa shape index (κ3) is 4.63. The molecule has 0 aromatic heterocycles. The predicted octanol–water partition coefficient (Wildman–Crippen LogP) is 1.22. The Morgan fingerprint density at radius 3 is 2.00 bits per heavy atom. The Hall–Kier alpha value is -2.71. The number of anilines is 2. The van der Waals surface area contributed by atoms with Crippen molar-refractivity contribution >= 4 is 33.2 Å². The van der Waals surface area contributed by atoms with Gasteiger partial charge in [-0.15, -0.1) is 0 Å². The minimum Gasteiger partial charge on any atom is -0.318 e. The third-order valence-electron chi connectivity index (χ3n) is 2.92. The van der Waals surface area contributed by atoms with Crippen LogP contribution in [-0.2, 0) is 19.6 Å². The topological polar surface area (TPSA) is 118 Å². The molecule has 0 aliphatic rings. The highest BCUT2D eigenvalue weighted by atomic mass is 32.2. The molecule has 0 saturated heterocycles. The molecule has 8 heteroatoms. The summed E-state index contributed by atoms with van der Waals surface area (Å²) in [5.41, 5.74) is 1.73. The van der Waals surface area contributed by atoms with Gasteiger partial charge in [-0.1, -0.05) is 12.1 Å². The first-order chi connectivity index (χ1) is 10.8. The normalized spacial score (nSPS) is 10.9. The van der Waals surface area contributed by atoms with Crippen molar-refractivity contribution in [3.63, 3.8) is 0 Å². The number of carbonyl (C=O) groups excluding carboxylic acids is 2. The van der Waals surface area contributed by atoms with E-state index in [0.717, 1.165) is 5.56 Å². The Kier molecular flexibility index (Phi) is 4.77. The molecule has 2 aromatic rings. The lowest BCUT2D eigenvalue weighted by Crippen LogP contribution is -2.29. The van der Waals surface area contributed by atoms with Gasteiger partial charge in [0.1, 0.15) is 0 Å². The van der Waals surface area contributed by atoms with Crippen LogP contribution in [0, 0.1) is 6.92 Å². The van der Waals surface area contributed by atoms with Crippen LogP contribution in [0.15, 0.2) is 53.4 Å². The molecule has 2 aromatic carbocycles. The van der Waals surface area contributed by atoms with Crippen LogP contribution in [0.2, 0.25) is 0 Å². The van der Waals surface area contributed by atoms with Crippen molar-refractivity contribution in [2.24, 2.45) is 5.14 Å². The van der Waals surface area contributed by atoms with Crippen LogP contribution in [0.4, 0.5) is 11.4 Å². The van der Waals surface area contributed by atoms with Crippen LogP contribution < -0.4 is 15.8 Å². The monoisotopic (exact) mass is 333 g/mol. The van der Waals surface area contributed by atoms with E-state index < -0.39 is 21.8 Å². The maximum atomic E-state index is 11.8. The van der Waals surface area contributed by atoms with Gasteiger partial charge in [-0.05, 0) is 48.9 Å². The molecule has 23 heavy (non-hydrogen) atoms. The van der Waals surface area contributed by atoms with Crippen molar-refractivity contribution < 1.29 is 18.0 Å². The number of hydrogen-bond acceptors (Lipinski definition) is 4. The summed E-state index contributed by atoms with van der Waals surface area (Å²) in [7, 11) is -3.80. The van der Waals surface area contributed by atoms with Crippen molar-refractivity contribution in [1.82, 2.24) is 0 Å². The first-order valence-electron chi connectivity index (χ1n) is 6.57. The molecular formula is C15H15N3O4S. The number of benzene rings is 2. The van der Waals surface area contributed by atoms with Crippen molar-refractivity contribution in [1.29, 1.82) is 0 Å². The van der Waals surface area contributed by atoms with Crippen LogP contribution in [0.1, 0.15) is 5.56 Å². The van der Waals surface area contributed by atoms with Gasteiger partial charge < -0.3 is 10.6 Å². The zero-order chi connectivity index (χ0) is 17.0. The molecule has 0 fully saturated rings. The number of aryl methyl sites for hydroxylation is 1. The summed E-state index contributed by atoms with van der Waals surface area (Å²) in [4.78, 5) is 23.5. The summed E-state index contributed by atoms with van der Waals surface area (Å²) >= 11 is 0. The smallest absolute Gasteiger partial charge is 0.314 e. The number of carbonyl (C=O) groups is 2. The van der Waals surface area contributed by atoms with Gasteiger partial charge >= 0.3 is 11.8 Å². The molecule has 2 amide bonds. The fraction of sp³-hybridized carbons (Fsp3) is 0.0667. The van der Waals surface area contributed by atoms with Gasteiger partial charge in [0.2, 0.25) is 10.0 Å². The lowest BCUT2D eigenvalue weighted by Gasteiger charge is -2.07. The summed E-state index contributed by atoms with van der Waals surface area (Å²) in [6.07, 6.45) is 0. The van der Waals surface area contributed by atoms with Gasteiger partial charge in [0.05, 0.1) is 4.90 Å². The first-order valence-corrected chi connectivity index (χ1v) is 8.12. The van der Waals surface area contributed by atoms with E-state index in [0.29, 0.717) is 5.69 Å². The zero-order valence-electron chi connectivity index (χ0n) is 12.2. The first kappa shape index (κ1) is 16.7. The Morgan fingerprint density at radius 1 is 0.913 bits per heavy atom. The third-order valence-corrected chi connectivity index (χ3v) is 3.85. The van der Waals surface area contributed by atoms with Crippen molar-refractivity contribution in [2.75, 3.05) is 10.6 Å². The second-order valence-corrected chi connectivity index (χ2v) is 6.41. The number of nitrogens with two attached hydrogens (primary N) is 1. The quantitative estimate of drug-likeness (QED) is 0.732. The minimum absolute atomic E-state index is 0.0836. The summed E-state index contributed by atoms with van der Waals surface area (Å²) in [5.74, 6) is -1.69. The molecule has 120 valence electrons. The maximum absolute atomic E-state index is 11.8. The van der Waals surface area contributed by atoms with Crippen molar-refractivity contribution in [3.05, 3.63) is 54.1 Å². The van der Waals surface area contributed by atoms with E-state index in [9.17, 15) is 18.0 Å². The highest BCUT2D eigenvalue weighted by molar-refractivity contribution is 7.89. The molecule has 0 atom stereocenters. The standard InChI is InChI=1S/C15H15N3O4S/c1-10-3-2-4-12(9-10)18-15(20)14(19)17-11-5-7-13(8-6-11)23(16,21)22/h2-9H,1H3,(H,17,19)(H,18,20)(H2,16,21,22). The van der Waals surface area contributed by atoms with Gasteiger partial charge in [-0.25, -0.2) is 13.6 Å². The Labute approximate surface area is 133 Å². The van der Waals surface area contributed by atoms with E-state index in [4.69, 9.17) is 5.14 Å². The van der Waals surface area contributed by atoms with E-state index in [1.54, 1.807) is 18.2 Å². The van der Waals surface area contributed by atoms with Gasteiger partial charge in [0.25, 0.3) is 0 Å². The Bertz CT molecular complexity index is 845. The molecule has 4 N–H and O–H groups in total. The number of primary sulfonamides is 1. The number of amides is 2. The van der Waals surface area contributed by atoms with Crippen molar-refractivity contribution in [3.8, 4) is 0 Å². The molecule has 0 aliphatic heterocycles. The fourth-order valence-electron chi connectivity index (χ4n) is 1.83. The SMILES string of the molecule is Cc1cccc(NC(=O)C(=O)Nc2ccc(S(N)(=O)=O)cc2)c1. The number of hydrogen-bond donors (Lipinski definition) is 3. The van der Waals surface area contributed by atoms with Gasteiger partial charge in [0, 0.05) is 11.4 Å². The van der Waals surface area contributed by atoms with Crippen LogP contribution in [0.25, 0.3) is 0 Å². The second-order valence-electron chi connectivity index (χ2n) is 4.85. The van der Waals surface area contributed by atoms with Crippen LogP contribution >= 0.6 is 0 Å². The second kappa shape index (κ2) is 6.59. The average Bonchev–Trinajstić information content (AvgIpc) is 2.46. The zero-order valence-corrected chi connectivity index (χ0v) is 13.1. The molecule has 0 radical (unpaired) electrons. The molecule has 0 spiro atoms. The van der Waals surface area contributed by atoms with Gasteiger partial charge in [-0.2, -0.15) is 0 Å². The Morgan fingerprint density at radius 2 is 1.48 bits per heavy atom. The molecule has 0 unspecified atom stereocenters. The van der Waals surface area contributed by atoms with Gasteiger partial charge in [0.15, 0.2) is 0 Å². The Balaban J connectivity index is 2.02. The highest BCUT2D eigenvalue weighted by Gasteiger charge is 2.14. The van der Waals surface area contributed by atoms with E-state index in [1.165, 1.54) is 24.3 Å². The molecule has 2 rings (SSSR count). The van der Waals surface area contributed by atoms with Gasteiger partial charge in [-0.3, -0.25) is 9.59 Å². The van der Waals surface area contributed by atoms with Crippen LogP contribution in [0.5, 0.6) is 0 Å². The average molecular weight is 333 g/mol. The van der Waals surface area contributed by atoms with E-state index >= 15 is 0 Å². The number of nitrogens with one attached hydrogen (secondary N) is 2. The lowest BCUT2D eigenvalue weighted by atomic mass is 10.2. The number of sulfonamides is 1.